The number of sulfone groups is 1. The Morgan fingerprint density at radius 3 is 2.39 bits per heavy atom. The highest BCUT2D eigenvalue weighted by Crippen LogP contribution is 2.30. The molecule has 0 spiro atoms. The summed E-state index contributed by atoms with van der Waals surface area (Å²) in [6.45, 7) is 0.963. The fourth-order valence-corrected chi connectivity index (χ4v) is 5.93. The molecule has 2 aliphatic rings. The first-order valence-corrected chi connectivity index (χ1v) is 12.3. The van der Waals surface area contributed by atoms with E-state index in [2.05, 4.69) is 6.07 Å². The SMILES string of the molecule is N#C[C@@H](CC(=O)C1(N)CCOCC1)Cc1ccc(-c2ccc3c(c2)CS(=O)(=O)C3)cc1. The number of nitriles is 1. The highest BCUT2D eigenvalue weighted by molar-refractivity contribution is 7.90. The second-order valence-electron chi connectivity index (χ2n) is 8.64. The van der Waals surface area contributed by atoms with Gasteiger partial charge in [0.05, 0.1) is 29.0 Å². The van der Waals surface area contributed by atoms with Gasteiger partial charge < -0.3 is 10.5 Å². The third-order valence-corrected chi connectivity index (χ3v) is 7.78. The van der Waals surface area contributed by atoms with Crippen LogP contribution in [-0.2, 0) is 37.3 Å². The Morgan fingerprint density at radius 2 is 1.71 bits per heavy atom. The van der Waals surface area contributed by atoms with Gasteiger partial charge in [-0.2, -0.15) is 5.26 Å². The molecule has 1 fully saturated rings. The number of hydrogen-bond donors (Lipinski definition) is 1. The minimum atomic E-state index is -3.02. The lowest BCUT2D eigenvalue weighted by atomic mass is 9.81. The summed E-state index contributed by atoms with van der Waals surface area (Å²) < 4.78 is 29.0. The summed E-state index contributed by atoms with van der Waals surface area (Å²) in [5, 5.41) is 9.57. The van der Waals surface area contributed by atoms with E-state index in [9.17, 15) is 18.5 Å². The average molecular weight is 439 g/mol. The quantitative estimate of drug-likeness (QED) is 0.742. The minimum Gasteiger partial charge on any atom is -0.381 e. The van der Waals surface area contributed by atoms with Gasteiger partial charge in [-0.3, -0.25) is 4.79 Å². The Kier molecular flexibility index (Phi) is 5.98. The number of ether oxygens (including phenoxy) is 1. The maximum absolute atomic E-state index is 12.7. The number of carbonyl (C=O) groups is 1. The average Bonchev–Trinajstić information content (AvgIpc) is 3.07. The number of hydrogen-bond acceptors (Lipinski definition) is 6. The standard InChI is InChI=1S/C24H26N2O4S/c25-14-18(12-23(27)24(26)7-9-30-10-8-24)11-17-1-3-19(4-2-17)20-5-6-21-15-31(28,29)16-22(21)13-20/h1-6,13,18H,7-12,15-16,26H2/t18-/m1/s1. The topological polar surface area (TPSA) is 110 Å². The van der Waals surface area contributed by atoms with Gasteiger partial charge in [0.15, 0.2) is 15.6 Å². The van der Waals surface area contributed by atoms with E-state index in [0.29, 0.717) is 32.5 Å². The Bertz CT molecular complexity index is 1130. The fraction of sp³-hybridized carbons (Fsp3) is 0.417. The molecule has 2 aromatic carbocycles. The smallest absolute Gasteiger partial charge is 0.158 e. The monoisotopic (exact) mass is 438 g/mol. The fourth-order valence-electron chi connectivity index (χ4n) is 4.33. The van der Waals surface area contributed by atoms with Crippen molar-refractivity contribution in [2.24, 2.45) is 11.7 Å². The summed E-state index contributed by atoms with van der Waals surface area (Å²) in [7, 11) is -3.02. The molecule has 6 nitrogen and oxygen atoms in total. The van der Waals surface area contributed by atoms with Gasteiger partial charge in [-0.1, -0.05) is 36.4 Å². The molecule has 0 aliphatic carbocycles. The first-order valence-electron chi connectivity index (χ1n) is 10.5. The van der Waals surface area contributed by atoms with Gasteiger partial charge in [0.2, 0.25) is 0 Å². The van der Waals surface area contributed by atoms with E-state index in [4.69, 9.17) is 10.5 Å². The zero-order valence-electron chi connectivity index (χ0n) is 17.3. The number of rotatable bonds is 6. The maximum atomic E-state index is 12.7. The van der Waals surface area contributed by atoms with Crippen molar-refractivity contribution in [3.05, 3.63) is 59.2 Å². The first-order chi connectivity index (χ1) is 14.8. The zero-order valence-corrected chi connectivity index (χ0v) is 18.2. The number of ketones is 1. The summed E-state index contributed by atoms with van der Waals surface area (Å²) in [6, 6.07) is 15.9. The second-order valence-corrected chi connectivity index (χ2v) is 10.7. The molecule has 31 heavy (non-hydrogen) atoms. The van der Waals surface area contributed by atoms with E-state index in [-0.39, 0.29) is 23.7 Å². The molecule has 0 radical (unpaired) electrons. The number of Topliss-reactive ketones (excluding diaryl/α,β-unsaturated/α-hetero) is 1. The Labute approximate surface area is 182 Å². The summed E-state index contributed by atoms with van der Waals surface area (Å²) in [4.78, 5) is 12.7. The molecule has 7 heteroatoms. The number of carbonyl (C=O) groups excluding carboxylic acids is 1. The molecule has 0 amide bonds. The van der Waals surface area contributed by atoms with Crippen molar-refractivity contribution < 1.29 is 17.9 Å². The Morgan fingerprint density at radius 1 is 1.06 bits per heavy atom. The molecule has 2 heterocycles. The molecular formula is C24H26N2O4S. The van der Waals surface area contributed by atoms with Crippen LogP contribution in [-0.4, -0.2) is 33.0 Å². The van der Waals surface area contributed by atoms with E-state index < -0.39 is 21.3 Å². The van der Waals surface area contributed by atoms with Crippen LogP contribution < -0.4 is 5.73 Å². The van der Waals surface area contributed by atoms with Crippen LogP contribution in [0, 0.1) is 17.2 Å². The molecule has 2 aromatic rings. The van der Waals surface area contributed by atoms with Crippen LogP contribution >= 0.6 is 0 Å². The summed E-state index contributed by atoms with van der Waals surface area (Å²) in [5.41, 5.74) is 10.1. The van der Waals surface area contributed by atoms with Gasteiger partial charge in [0.25, 0.3) is 0 Å². The summed E-state index contributed by atoms with van der Waals surface area (Å²) in [5.74, 6) is -0.271. The van der Waals surface area contributed by atoms with E-state index in [1.54, 1.807) is 0 Å². The molecule has 2 N–H and O–H groups in total. The molecule has 0 bridgehead atoms. The third kappa shape index (κ3) is 4.87. The van der Waals surface area contributed by atoms with Crippen molar-refractivity contribution in [1.82, 2.24) is 0 Å². The summed E-state index contributed by atoms with van der Waals surface area (Å²) >= 11 is 0. The normalized spacial score (nSPS) is 19.9. The van der Waals surface area contributed by atoms with Crippen molar-refractivity contribution in [2.45, 2.75) is 42.7 Å². The lowest BCUT2D eigenvalue weighted by molar-refractivity contribution is -0.128. The molecule has 0 unspecified atom stereocenters. The largest absolute Gasteiger partial charge is 0.381 e. The lowest BCUT2D eigenvalue weighted by Gasteiger charge is -2.32. The van der Waals surface area contributed by atoms with Gasteiger partial charge >= 0.3 is 0 Å². The van der Waals surface area contributed by atoms with E-state index in [1.807, 2.05) is 42.5 Å². The van der Waals surface area contributed by atoms with Crippen molar-refractivity contribution >= 4 is 15.6 Å². The molecule has 2 aliphatic heterocycles. The van der Waals surface area contributed by atoms with Crippen LogP contribution in [0.4, 0.5) is 0 Å². The Hall–Kier alpha value is -2.53. The molecular weight excluding hydrogens is 412 g/mol. The van der Waals surface area contributed by atoms with Crippen molar-refractivity contribution in [3.63, 3.8) is 0 Å². The molecule has 1 saturated heterocycles. The number of nitrogens with two attached hydrogens (primary N) is 1. The van der Waals surface area contributed by atoms with E-state index in [1.165, 1.54) is 0 Å². The highest BCUT2D eigenvalue weighted by atomic mass is 32.2. The highest BCUT2D eigenvalue weighted by Gasteiger charge is 2.36. The van der Waals surface area contributed by atoms with E-state index in [0.717, 1.165) is 27.8 Å². The molecule has 0 aromatic heterocycles. The van der Waals surface area contributed by atoms with Gasteiger partial charge in [-0.05, 0) is 53.1 Å². The van der Waals surface area contributed by atoms with Gasteiger partial charge in [0.1, 0.15) is 0 Å². The van der Waals surface area contributed by atoms with Crippen LogP contribution in [0.25, 0.3) is 11.1 Å². The zero-order chi connectivity index (χ0) is 22.1. The third-order valence-electron chi connectivity index (χ3n) is 6.28. The molecule has 1 atom stereocenters. The van der Waals surface area contributed by atoms with Crippen LogP contribution in [0.15, 0.2) is 42.5 Å². The van der Waals surface area contributed by atoms with Crippen LogP contribution in [0.1, 0.15) is 36.0 Å². The molecule has 162 valence electrons. The van der Waals surface area contributed by atoms with Crippen LogP contribution in [0.2, 0.25) is 0 Å². The number of benzene rings is 2. The number of fused-ring (bicyclic) bond motifs is 1. The lowest BCUT2D eigenvalue weighted by Crippen LogP contribution is -2.52. The van der Waals surface area contributed by atoms with Gasteiger partial charge in [-0.25, -0.2) is 8.42 Å². The van der Waals surface area contributed by atoms with Crippen LogP contribution in [0.3, 0.4) is 0 Å². The maximum Gasteiger partial charge on any atom is 0.158 e. The van der Waals surface area contributed by atoms with Crippen molar-refractivity contribution in [3.8, 4) is 17.2 Å². The van der Waals surface area contributed by atoms with Crippen LogP contribution in [0.5, 0.6) is 0 Å². The summed E-state index contributed by atoms with van der Waals surface area (Å²) in [6.07, 6.45) is 1.63. The second kappa shape index (κ2) is 8.54. The van der Waals surface area contributed by atoms with Gasteiger partial charge in [-0.15, -0.1) is 0 Å². The predicted molar refractivity (Wildman–Crippen MR) is 118 cm³/mol. The van der Waals surface area contributed by atoms with Crippen molar-refractivity contribution in [2.75, 3.05) is 13.2 Å². The first kappa shape index (κ1) is 21.7. The number of nitrogens with zero attached hydrogens (tertiary/aromatic N) is 1. The molecule has 4 rings (SSSR count). The minimum absolute atomic E-state index is 0.0629. The molecule has 0 saturated carbocycles. The van der Waals surface area contributed by atoms with Gasteiger partial charge in [0, 0.05) is 19.6 Å². The predicted octanol–water partition coefficient (Wildman–Crippen LogP) is 2.93. The van der Waals surface area contributed by atoms with Crippen molar-refractivity contribution in [1.29, 1.82) is 5.26 Å². The van der Waals surface area contributed by atoms with E-state index >= 15 is 0 Å². The Balaban J connectivity index is 1.42.